The highest BCUT2D eigenvalue weighted by atomic mass is 33.1. The highest BCUT2D eigenvalue weighted by molar-refractivity contribution is 8.76. The van der Waals surface area contributed by atoms with E-state index in [9.17, 15) is 0 Å². The van der Waals surface area contributed by atoms with Gasteiger partial charge in [0, 0.05) is 17.6 Å². The van der Waals surface area contributed by atoms with Crippen LogP contribution in [0.15, 0.2) is 24.5 Å². The Morgan fingerprint density at radius 2 is 1.85 bits per heavy atom. The van der Waals surface area contributed by atoms with Gasteiger partial charge in [-0.1, -0.05) is 35.4 Å². The van der Waals surface area contributed by atoms with Gasteiger partial charge in [0.15, 0.2) is 0 Å². The maximum absolute atomic E-state index is 4.03. The summed E-state index contributed by atoms with van der Waals surface area (Å²) < 4.78 is 0. The topological polar surface area (TPSA) is 12.9 Å². The van der Waals surface area contributed by atoms with Crippen LogP contribution in [0.3, 0.4) is 0 Å². The number of hydrogen-bond donors (Lipinski definition) is 0. The summed E-state index contributed by atoms with van der Waals surface area (Å²) in [7, 11) is 3.76. The Kier molecular flexibility index (Phi) is 4.67. The lowest BCUT2D eigenvalue weighted by atomic mass is 10.0. The monoisotopic (exact) mass is 213 g/mol. The van der Waals surface area contributed by atoms with Gasteiger partial charge in [-0.15, -0.1) is 0 Å². The van der Waals surface area contributed by atoms with Gasteiger partial charge in [0.05, 0.1) is 0 Å². The first kappa shape index (κ1) is 10.9. The van der Waals surface area contributed by atoms with E-state index in [0.717, 1.165) is 0 Å². The van der Waals surface area contributed by atoms with Crippen molar-refractivity contribution in [3.8, 4) is 0 Å². The van der Waals surface area contributed by atoms with Crippen LogP contribution in [0.4, 0.5) is 0 Å². The maximum Gasteiger partial charge on any atom is 0.0425 e. The van der Waals surface area contributed by atoms with Crippen LogP contribution in [-0.4, -0.2) is 11.2 Å². The van der Waals surface area contributed by atoms with E-state index in [0.29, 0.717) is 11.2 Å². The summed E-state index contributed by atoms with van der Waals surface area (Å²) in [5.74, 6) is 0.667. The molecule has 0 amide bonds. The maximum atomic E-state index is 4.03. The summed E-state index contributed by atoms with van der Waals surface area (Å²) in [5.41, 5.74) is 1.38. The summed E-state index contributed by atoms with van der Waals surface area (Å²) in [4.78, 5) is 4.03. The predicted octanol–water partition coefficient (Wildman–Crippen LogP) is 3.79. The Bertz CT molecular complexity index is 236. The second-order valence-electron chi connectivity index (χ2n) is 3.21. The first-order chi connectivity index (χ1) is 6.25. The molecule has 0 saturated heterocycles. The van der Waals surface area contributed by atoms with Crippen molar-refractivity contribution in [3.63, 3.8) is 0 Å². The van der Waals surface area contributed by atoms with Gasteiger partial charge < -0.3 is 0 Å². The standard InChI is InChI=1S/C10H15NS2/c1-8(2)10(13-12-3)9-4-6-11-7-5-9/h4-8,10H,1-3H3. The first-order valence-corrected chi connectivity index (χ1v) is 6.97. The van der Waals surface area contributed by atoms with E-state index >= 15 is 0 Å². The van der Waals surface area contributed by atoms with Crippen LogP contribution in [-0.2, 0) is 0 Å². The molecule has 1 unspecified atom stereocenters. The zero-order valence-electron chi connectivity index (χ0n) is 8.23. The van der Waals surface area contributed by atoms with Crippen LogP contribution >= 0.6 is 21.6 Å². The van der Waals surface area contributed by atoms with Crippen molar-refractivity contribution in [2.24, 2.45) is 5.92 Å². The molecule has 0 aliphatic rings. The normalized spacial score (nSPS) is 13.2. The van der Waals surface area contributed by atoms with Gasteiger partial charge in [-0.25, -0.2) is 0 Å². The minimum Gasteiger partial charge on any atom is -0.265 e. The number of rotatable bonds is 4. The molecule has 1 nitrogen and oxygen atoms in total. The third-order valence-corrected chi connectivity index (χ3v) is 4.26. The molecule has 13 heavy (non-hydrogen) atoms. The average Bonchev–Trinajstić information content (AvgIpc) is 2.15. The van der Waals surface area contributed by atoms with E-state index in [1.807, 2.05) is 34.0 Å². The summed E-state index contributed by atoms with van der Waals surface area (Å²) >= 11 is 0. The van der Waals surface area contributed by atoms with Crippen molar-refractivity contribution < 1.29 is 0 Å². The van der Waals surface area contributed by atoms with Crippen molar-refractivity contribution in [3.05, 3.63) is 30.1 Å². The quantitative estimate of drug-likeness (QED) is 0.706. The Morgan fingerprint density at radius 3 is 2.31 bits per heavy atom. The average molecular weight is 213 g/mol. The molecular weight excluding hydrogens is 198 g/mol. The highest BCUT2D eigenvalue weighted by Gasteiger charge is 2.15. The third kappa shape index (κ3) is 3.24. The SMILES string of the molecule is CSSC(c1ccncc1)C(C)C. The van der Waals surface area contributed by atoms with Crippen LogP contribution in [0.25, 0.3) is 0 Å². The number of nitrogens with zero attached hydrogens (tertiary/aromatic N) is 1. The molecule has 1 atom stereocenters. The van der Waals surface area contributed by atoms with Gasteiger partial charge >= 0.3 is 0 Å². The molecule has 1 heterocycles. The van der Waals surface area contributed by atoms with Gasteiger partial charge in [-0.3, -0.25) is 4.98 Å². The van der Waals surface area contributed by atoms with Crippen molar-refractivity contribution in [1.82, 2.24) is 4.98 Å². The van der Waals surface area contributed by atoms with Crippen molar-refractivity contribution in [2.75, 3.05) is 6.26 Å². The molecule has 72 valence electrons. The largest absolute Gasteiger partial charge is 0.265 e. The highest BCUT2D eigenvalue weighted by Crippen LogP contribution is 2.41. The number of pyridine rings is 1. The Morgan fingerprint density at radius 1 is 1.23 bits per heavy atom. The van der Waals surface area contributed by atoms with E-state index in [-0.39, 0.29) is 0 Å². The molecule has 1 aromatic heterocycles. The van der Waals surface area contributed by atoms with Gasteiger partial charge in [0.25, 0.3) is 0 Å². The number of hydrogen-bond acceptors (Lipinski definition) is 3. The molecule has 1 rings (SSSR count). The Hall–Kier alpha value is -0.150. The first-order valence-electron chi connectivity index (χ1n) is 4.35. The third-order valence-electron chi connectivity index (χ3n) is 1.84. The zero-order valence-corrected chi connectivity index (χ0v) is 9.86. The van der Waals surface area contributed by atoms with Gasteiger partial charge in [0.1, 0.15) is 0 Å². The lowest BCUT2D eigenvalue weighted by molar-refractivity contribution is 0.634. The molecule has 0 N–H and O–H groups in total. The fraction of sp³-hybridized carbons (Fsp3) is 0.500. The molecule has 0 aliphatic carbocycles. The predicted molar refractivity (Wildman–Crippen MR) is 62.9 cm³/mol. The van der Waals surface area contributed by atoms with Gasteiger partial charge in [-0.2, -0.15) is 0 Å². The summed E-state index contributed by atoms with van der Waals surface area (Å²) in [6, 6.07) is 4.21. The molecule has 1 aromatic rings. The van der Waals surface area contributed by atoms with Crippen molar-refractivity contribution in [1.29, 1.82) is 0 Å². The molecular formula is C10H15NS2. The molecule has 0 bridgehead atoms. The van der Waals surface area contributed by atoms with E-state index < -0.39 is 0 Å². The minimum absolute atomic E-state index is 0.581. The lowest BCUT2D eigenvalue weighted by Gasteiger charge is -2.18. The minimum atomic E-state index is 0.581. The van der Waals surface area contributed by atoms with Crippen LogP contribution in [0, 0.1) is 5.92 Å². The molecule has 0 aliphatic heterocycles. The second kappa shape index (κ2) is 5.55. The Labute approximate surface area is 88.1 Å². The van der Waals surface area contributed by atoms with Crippen LogP contribution in [0.5, 0.6) is 0 Å². The van der Waals surface area contributed by atoms with Crippen molar-refractivity contribution in [2.45, 2.75) is 19.1 Å². The van der Waals surface area contributed by atoms with Gasteiger partial charge in [0.2, 0.25) is 0 Å². The fourth-order valence-electron chi connectivity index (χ4n) is 1.21. The summed E-state index contributed by atoms with van der Waals surface area (Å²) in [6.45, 7) is 4.52. The Balaban J connectivity index is 2.76. The molecule has 0 aromatic carbocycles. The van der Waals surface area contributed by atoms with E-state index in [4.69, 9.17) is 0 Å². The molecule has 0 fully saturated rings. The van der Waals surface area contributed by atoms with Crippen LogP contribution < -0.4 is 0 Å². The zero-order chi connectivity index (χ0) is 9.68. The van der Waals surface area contributed by atoms with Gasteiger partial charge in [-0.05, 0) is 29.9 Å². The van der Waals surface area contributed by atoms with E-state index in [1.54, 1.807) is 0 Å². The molecule has 3 heteroatoms. The van der Waals surface area contributed by atoms with Crippen LogP contribution in [0.2, 0.25) is 0 Å². The molecule has 0 spiro atoms. The smallest absolute Gasteiger partial charge is 0.0425 e. The lowest BCUT2D eigenvalue weighted by Crippen LogP contribution is -2.01. The fourth-order valence-corrected chi connectivity index (χ4v) is 3.53. The summed E-state index contributed by atoms with van der Waals surface area (Å²) in [5, 5.41) is 0.581. The summed E-state index contributed by atoms with van der Waals surface area (Å²) in [6.07, 6.45) is 5.86. The molecule has 0 saturated carbocycles. The van der Waals surface area contributed by atoms with Crippen LogP contribution in [0.1, 0.15) is 24.7 Å². The van der Waals surface area contributed by atoms with E-state index in [2.05, 4.69) is 37.2 Å². The van der Waals surface area contributed by atoms with E-state index in [1.165, 1.54) is 5.56 Å². The second-order valence-corrected chi connectivity index (χ2v) is 5.82. The van der Waals surface area contributed by atoms with Crippen molar-refractivity contribution >= 4 is 21.6 Å². The number of aromatic nitrogens is 1. The molecule has 0 radical (unpaired) electrons.